The topological polar surface area (TPSA) is 40.1 Å². The predicted octanol–water partition coefficient (Wildman–Crippen LogP) is 1.55. The smallest absolute Gasteiger partial charge is 0.550 e. The van der Waals surface area contributed by atoms with Crippen molar-refractivity contribution in [3.63, 3.8) is 0 Å². The van der Waals surface area contributed by atoms with E-state index < -0.39 is 5.97 Å². The van der Waals surface area contributed by atoms with Crippen molar-refractivity contribution in [3.05, 3.63) is 24.3 Å². The summed E-state index contributed by atoms with van der Waals surface area (Å²) in [5.41, 5.74) is 0. The summed E-state index contributed by atoms with van der Waals surface area (Å²) in [6.07, 6.45) is 21.9. The first-order chi connectivity index (χ1) is 9.77. The van der Waals surface area contributed by atoms with Gasteiger partial charge < -0.3 is 9.90 Å². The van der Waals surface area contributed by atoms with Crippen LogP contribution in [-0.2, 0) is 4.79 Å². The van der Waals surface area contributed by atoms with E-state index >= 15 is 0 Å². The molecule has 21 heavy (non-hydrogen) atoms. The zero-order valence-corrected chi connectivity index (χ0v) is 17.2. The molecule has 0 rings (SSSR count). The Balaban J connectivity index is 0. The van der Waals surface area contributed by atoms with Gasteiger partial charge >= 0.3 is 51.4 Å². The van der Waals surface area contributed by atoms with E-state index in [0.717, 1.165) is 25.7 Å². The van der Waals surface area contributed by atoms with Gasteiger partial charge in [0.2, 0.25) is 0 Å². The molecule has 2 nitrogen and oxygen atoms in total. The molecular formula is C18H31KO2. The molecule has 0 fully saturated rings. The number of carbonyl (C=O) groups excluding carboxylic acids is 1. The summed E-state index contributed by atoms with van der Waals surface area (Å²) >= 11 is 0. The van der Waals surface area contributed by atoms with Crippen LogP contribution in [0.2, 0.25) is 0 Å². The van der Waals surface area contributed by atoms with Crippen LogP contribution in [0.15, 0.2) is 24.3 Å². The summed E-state index contributed by atoms with van der Waals surface area (Å²) in [7, 11) is 0. The Hall–Kier alpha value is 0.586. The number of hydrogen-bond acceptors (Lipinski definition) is 2. The van der Waals surface area contributed by atoms with Crippen molar-refractivity contribution < 1.29 is 61.3 Å². The third kappa shape index (κ3) is 23.0. The molecule has 0 aliphatic carbocycles. The Morgan fingerprint density at radius 1 is 0.810 bits per heavy atom. The van der Waals surface area contributed by atoms with Crippen molar-refractivity contribution in [1.29, 1.82) is 0 Å². The van der Waals surface area contributed by atoms with Crippen LogP contribution in [0.3, 0.4) is 0 Å². The maximum atomic E-state index is 10.2. The first kappa shape index (κ1) is 23.8. The van der Waals surface area contributed by atoms with Gasteiger partial charge in [-0.15, -0.1) is 0 Å². The van der Waals surface area contributed by atoms with Crippen LogP contribution in [0.4, 0.5) is 0 Å². The van der Waals surface area contributed by atoms with Crippen LogP contribution >= 0.6 is 0 Å². The maximum Gasteiger partial charge on any atom is 1.00 e. The minimum Gasteiger partial charge on any atom is -0.550 e. The Labute approximate surface area is 173 Å². The van der Waals surface area contributed by atoms with E-state index in [2.05, 4.69) is 31.2 Å². The first-order valence-electron chi connectivity index (χ1n) is 8.29. The van der Waals surface area contributed by atoms with E-state index in [9.17, 15) is 9.90 Å². The van der Waals surface area contributed by atoms with Crippen molar-refractivity contribution in [3.8, 4) is 0 Å². The van der Waals surface area contributed by atoms with Crippen LogP contribution in [0.1, 0.15) is 84.0 Å². The summed E-state index contributed by atoms with van der Waals surface area (Å²) < 4.78 is 0. The minimum absolute atomic E-state index is 0. The summed E-state index contributed by atoms with van der Waals surface area (Å²) in [5, 5.41) is 10.2. The van der Waals surface area contributed by atoms with Gasteiger partial charge in [-0.25, -0.2) is 0 Å². The van der Waals surface area contributed by atoms with Crippen LogP contribution in [-0.4, -0.2) is 5.97 Å². The van der Waals surface area contributed by atoms with Crippen LogP contribution in [0.25, 0.3) is 0 Å². The van der Waals surface area contributed by atoms with Crippen molar-refractivity contribution in [2.75, 3.05) is 0 Å². The summed E-state index contributed by atoms with van der Waals surface area (Å²) in [4.78, 5) is 10.2. The summed E-state index contributed by atoms with van der Waals surface area (Å²) in [6, 6.07) is 0. The van der Waals surface area contributed by atoms with Gasteiger partial charge in [-0.1, -0.05) is 69.8 Å². The fourth-order valence-corrected chi connectivity index (χ4v) is 2.10. The van der Waals surface area contributed by atoms with Gasteiger partial charge in [-0.2, -0.15) is 0 Å². The third-order valence-electron chi connectivity index (χ3n) is 3.36. The molecule has 0 atom stereocenters. The Morgan fingerprint density at radius 3 is 1.81 bits per heavy atom. The van der Waals surface area contributed by atoms with Gasteiger partial charge in [0.05, 0.1) is 0 Å². The Bertz CT molecular complexity index is 272. The van der Waals surface area contributed by atoms with Crippen LogP contribution < -0.4 is 56.5 Å². The van der Waals surface area contributed by atoms with Gasteiger partial charge in [-0.05, 0) is 38.5 Å². The van der Waals surface area contributed by atoms with E-state index in [-0.39, 0.29) is 57.8 Å². The number of carbonyl (C=O) groups is 1. The normalized spacial score (nSPS) is 11.1. The monoisotopic (exact) mass is 318 g/mol. The fraction of sp³-hybridized carbons (Fsp3) is 0.722. The van der Waals surface area contributed by atoms with E-state index in [4.69, 9.17) is 0 Å². The average molecular weight is 319 g/mol. The molecule has 0 saturated heterocycles. The molecule has 0 saturated carbocycles. The van der Waals surface area contributed by atoms with Crippen molar-refractivity contribution in [2.45, 2.75) is 84.0 Å². The van der Waals surface area contributed by atoms with Gasteiger partial charge in [-0.3, -0.25) is 0 Å². The third-order valence-corrected chi connectivity index (χ3v) is 3.36. The second kappa shape index (κ2) is 20.6. The number of aliphatic carboxylic acids is 1. The standard InChI is InChI=1S/C18H32O2.K/c1-2-3-4-5-6-7-8-9-10-11-12-13-14-15-16-17-18(19)20;/h7-10H,2-6,11-17H2,1H3,(H,19,20);/q;+1/p-1/b8-7+,10-9+;. The van der Waals surface area contributed by atoms with E-state index in [1.807, 2.05) is 0 Å². The van der Waals surface area contributed by atoms with E-state index in [1.165, 1.54) is 44.9 Å². The average Bonchev–Trinajstić information content (AvgIpc) is 2.43. The zero-order chi connectivity index (χ0) is 14.9. The van der Waals surface area contributed by atoms with Gasteiger partial charge in [0.1, 0.15) is 0 Å². The Morgan fingerprint density at radius 2 is 1.29 bits per heavy atom. The summed E-state index contributed by atoms with van der Waals surface area (Å²) in [6.45, 7) is 2.24. The number of carboxylic acids is 1. The second-order valence-electron chi connectivity index (χ2n) is 5.38. The van der Waals surface area contributed by atoms with Crippen molar-refractivity contribution >= 4 is 5.97 Å². The molecule has 0 N–H and O–H groups in total. The van der Waals surface area contributed by atoms with E-state index in [0.29, 0.717) is 0 Å². The molecule has 116 valence electrons. The Kier molecular flexibility index (Phi) is 23.4. The van der Waals surface area contributed by atoms with E-state index in [1.54, 1.807) is 0 Å². The molecule has 0 unspecified atom stereocenters. The SMILES string of the molecule is CCCCCC/C=C/C=C/CCCCCCCC(=O)[O-].[K+]. The molecule has 0 spiro atoms. The quantitative estimate of drug-likeness (QED) is 0.277. The van der Waals surface area contributed by atoms with Crippen LogP contribution in [0.5, 0.6) is 0 Å². The number of unbranched alkanes of at least 4 members (excludes halogenated alkanes) is 9. The predicted molar refractivity (Wildman–Crippen MR) is 84.4 cm³/mol. The molecule has 0 aromatic carbocycles. The van der Waals surface area contributed by atoms with Gasteiger partial charge in [0.15, 0.2) is 0 Å². The molecule has 0 amide bonds. The van der Waals surface area contributed by atoms with Gasteiger partial charge in [0, 0.05) is 5.97 Å². The number of rotatable bonds is 14. The molecule has 0 heterocycles. The molecular weight excluding hydrogens is 287 g/mol. The number of hydrogen-bond donors (Lipinski definition) is 0. The largest absolute Gasteiger partial charge is 1.00 e. The molecule has 3 heteroatoms. The van der Waals surface area contributed by atoms with Crippen LogP contribution in [0, 0.1) is 0 Å². The minimum atomic E-state index is -0.922. The number of allylic oxidation sites excluding steroid dienone is 4. The molecule has 0 radical (unpaired) electrons. The fourth-order valence-electron chi connectivity index (χ4n) is 2.10. The number of carboxylic acid groups (broad SMARTS) is 1. The zero-order valence-electron chi connectivity index (χ0n) is 14.1. The molecule has 0 aliphatic heterocycles. The first-order valence-corrected chi connectivity index (χ1v) is 8.29. The van der Waals surface area contributed by atoms with Gasteiger partial charge in [0.25, 0.3) is 0 Å². The molecule has 0 aromatic heterocycles. The molecule has 0 aliphatic rings. The van der Waals surface area contributed by atoms with Crippen molar-refractivity contribution in [2.24, 2.45) is 0 Å². The summed E-state index contributed by atoms with van der Waals surface area (Å²) in [5.74, 6) is -0.922. The second-order valence-corrected chi connectivity index (χ2v) is 5.38. The maximum absolute atomic E-state index is 10.2. The molecule has 0 aromatic rings. The van der Waals surface area contributed by atoms with Crippen molar-refractivity contribution in [1.82, 2.24) is 0 Å². The molecule has 0 bridgehead atoms.